The van der Waals surface area contributed by atoms with Crippen LogP contribution < -0.4 is 15.2 Å². The molecule has 0 bridgehead atoms. The number of hydrogen-bond donors (Lipinski definition) is 0. The second kappa shape index (κ2) is 7.29. The minimum absolute atomic E-state index is 0.0141. The predicted octanol–water partition coefficient (Wildman–Crippen LogP) is 2.33. The second-order valence-electron chi connectivity index (χ2n) is 5.79. The van der Waals surface area contributed by atoms with Gasteiger partial charge in [0, 0.05) is 27.6 Å². The van der Waals surface area contributed by atoms with Crippen molar-refractivity contribution in [3.8, 4) is 5.75 Å². The van der Waals surface area contributed by atoms with Crippen LogP contribution >= 0.6 is 0 Å². The fourth-order valence-corrected chi connectivity index (χ4v) is 2.58. The van der Waals surface area contributed by atoms with Crippen molar-refractivity contribution in [1.29, 1.82) is 0 Å². The Hall–Kier alpha value is -2.63. The van der Waals surface area contributed by atoms with Crippen LogP contribution in [-0.4, -0.2) is 29.0 Å². The Balaban J connectivity index is 2.46. The lowest BCUT2D eigenvalue weighted by atomic mass is 10.1. The molecule has 2 rings (SSSR count). The zero-order valence-corrected chi connectivity index (χ0v) is 14.8. The van der Waals surface area contributed by atoms with Crippen LogP contribution in [0.4, 0.5) is 5.95 Å². The number of carbonyl (C=O) groups excluding carboxylic acids is 1. The molecular formula is C18H23N3O3. The smallest absolute Gasteiger partial charge is 0.297 e. The minimum atomic E-state index is -0.358. The molecule has 0 amide bonds. The van der Waals surface area contributed by atoms with Crippen LogP contribution in [-0.2, 0) is 13.6 Å². The monoisotopic (exact) mass is 329 g/mol. The summed E-state index contributed by atoms with van der Waals surface area (Å²) in [6.45, 7) is 6.06. The molecule has 0 N–H and O–H groups in total. The maximum atomic E-state index is 12.5. The molecule has 0 fully saturated rings. The molecule has 0 spiro atoms. The van der Waals surface area contributed by atoms with E-state index in [2.05, 4.69) is 11.1 Å². The van der Waals surface area contributed by atoms with E-state index in [0.717, 1.165) is 5.56 Å². The number of ketones is 1. The summed E-state index contributed by atoms with van der Waals surface area (Å²) in [5.41, 5.74) is 1.98. The van der Waals surface area contributed by atoms with Gasteiger partial charge in [-0.1, -0.05) is 29.8 Å². The van der Waals surface area contributed by atoms with Gasteiger partial charge in [-0.25, -0.2) is 4.98 Å². The van der Waals surface area contributed by atoms with Crippen molar-refractivity contribution in [3.63, 3.8) is 0 Å². The molecule has 2 aromatic rings. The van der Waals surface area contributed by atoms with Crippen LogP contribution in [0.1, 0.15) is 35.5 Å². The van der Waals surface area contributed by atoms with Gasteiger partial charge in [0.25, 0.3) is 5.56 Å². The molecule has 0 atom stereocenters. The molecule has 0 aliphatic rings. The maximum absolute atomic E-state index is 12.5. The number of benzene rings is 1. The number of anilines is 1. The van der Waals surface area contributed by atoms with Crippen LogP contribution in [0.2, 0.25) is 0 Å². The van der Waals surface area contributed by atoms with Gasteiger partial charge < -0.3 is 9.64 Å². The van der Waals surface area contributed by atoms with Crippen LogP contribution in [0.25, 0.3) is 0 Å². The Labute approximate surface area is 141 Å². The molecule has 6 heteroatoms. The summed E-state index contributed by atoms with van der Waals surface area (Å²) < 4.78 is 6.75. The van der Waals surface area contributed by atoms with Gasteiger partial charge in [0.2, 0.25) is 11.7 Å². The van der Waals surface area contributed by atoms with Crippen LogP contribution in [0.15, 0.2) is 29.1 Å². The second-order valence-corrected chi connectivity index (χ2v) is 5.79. The fraction of sp³-hybridized carbons (Fsp3) is 0.389. The highest BCUT2D eigenvalue weighted by atomic mass is 16.5. The first kappa shape index (κ1) is 17.7. The summed E-state index contributed by atoms with van der Waals surface area (Å²) in [5, 5.41) is 0. The topological polar surface area (TPSA) is 64.4 Å². The summed E-state index contributed by atoms with van der Waals surface area (Å²) in [6, 6.07) is 8.11. The van der Waals surface area contributed by atoms with E-state index in [1.807, 2.05) is 37.1 Å². The maximum Gasteiger partial charge on any atom is 0.297 e. The van der Waals surface area contributed by atoms with Crippen LogP contribution in [0.3, 0.4) is 0 Å². The molecule has 24 heavy (non-hydrogen) atoms. The number of nitrogens with zero attached hydrogens (tertiary/aromatic N) is 3. The molecule has 6 nitrogen and oxygen atoms in total. The third kappa shape index (κ3) is 3.64. The van der Waals surface area contributed by atoms with E-state index in [1.54, 1.807) is 14.0 Å². The zero-order valence-electron chi connectivity index (χ0n) is 14.8. The van der Waals surface area contributed by atoms with Crippen molar-refractivity contribution in [2.45, 2.75) is 27.3 Å². The van der Waals surface area contributed by atoms with Crippen molar-refractivity contribution in [2.24, 2.45) is 7.05 Å². The average Bonchev–Trinajstić information content (AvgIpc) is 2.51. The first-order valence-electron chi connectivity index (χ1n) is 7.86. The highest BCUT2D eigenvalue weighted by molar-refractivity contribution is 5.95. The third-order valence-corrected chi connectivity index (χ3v) is 3.69. The Bertz CT molecular complexity index is 812. The van der Waals surface area contributed by atoms with E-state index in [-0.39, 0.29) is 22.8 Å². The van der Waals surface area contributed by atoms with E-state index in [0.29, 0.717) is 19.1 Å². The molecule has 0 saturated carbocycles. The average molecular weight is 329 g/mol. The standard InChI is InChI=1S/C18H23N3O3/c1-6-24-16-15(13(3)22)19-18(21(5)17(16)23)20(4)11-14-9-7-8-12(2)10-14/h7-10H,6,11H2,1-5H3. The Morgan fingerprint density at radius 2 is 2.08 bits per heavy atom. The van der Waals surface area contributed by atoms with Gasteiger partial charge in [-0.05, 0) is 19.4 Å². The SMILES string of the molecule is CCOc1c(C(C)=O)nc(N(C)Cc2cccc(C)c2)n(C)c1=O. The molecule has 0 saturated heterocycles. The van der Waals surface area contributed by atoms with E-state index in [4.69, 9.17) is 4.74 Å². The van der Waals surface area contributed by atoms with Gasteiger partial charge in [0.05, 0.1) is 6.61 Å². The van der Waals surface area contributed by atoms with Gasteiger partial charge in [0.1, 0.15) is 0 Å². The summed E-state index contributed by atoms with van der Waals surface area (Å²) in [4.78, 5) is 30.6. The normalized spacial score (nSPS) is 10.5. The largest absolute Gasteiger partial charge is 0.486 e. The number of rotatable bonds is 6. The van der Waals surface area contributed by atoms with Crippen molar-refractivity contribution in [2.75, 3.05) is 18.6 Å². The molecule has 0 aliphatic heterocycles. The molecule has 1 aromatic carbocycles. The zero-order chi connectivity index (χ0) is 17.9. The predicted molar refractivity (Wildman–Crippen MR) is 93.9 cm³/mol. The fourth-order valence-electron chi connectivity index (χ4n) is 2.58. The lowest BCUT2D eigenvalue weighted by Crippen LogP contribution is -2.31. The van der Waals surface area contributed by atoms with E-state index < -0.39 is 0 Å². The van der Waals surface area contributed by atoms with E-state index >= 15 is 0 Å². The van der Waals surface area contributed by atoms with Crippen molar-refractivity contribution in [1.82, 2.24) is 9.55 Å². The first-order valence-corrected chi connectivity index (χ1v) is 7.86. The Kier molecular flexibility index (Phi) is 5.39. The minimum Gasteiger partial charge on any atom is -0.486 e. The number of carbonyl (C=O) groups is 1. The summed E-state index contributed by atoms with van der Waals surface area (Å²) in [5.74, 6) is 0.150. The molecule has 0 unspecified atom stereocenters. The van der Waals surface area contributed by atoms with Crippen LogP contribution in [0, 0.1) is 6.92 Å². The van der Waals surface area contributed by atoms with Gasteiger partial charge in [-0.3, -0.25) is 14.2 Å². The highest BCUT2D eigenvalue weighted by Crippen LogP contribution is 2.18. The molecule has 1 aromatic heterocycles. The number of aryl methyl sites for hydroxylation is 1. The Morgan fingerprint density at radius 3 is 2.67 bits per heavy atom. The molecule has 1 heterocycles. The lowest BCUT2D eigenvalue weighted by Gasteiger charge is -2.22. The number of Topliss-reactive ketones (excluding diaryl/α,β-unsaturated/α-hetero) is 1. The van der Waals surface area contributed by atoms with Crippen molar-refractivity contribution < 1.29 is 9.53 Å². The van der Waals surface area contributed by atoms with Gasteiger partial charge in [0.15, 0.2) is 11.5 Å². The van der Waals surface area contributed by atoms with E-state index in [9.17, 15) is 9.59 Å². The number of aromatic nitrogens is 2. The van der Waals surface area contributed by atoms with Crippen LogP contribution in [0.5, 0.6) is 5.75 Å². The number of hydrogen-bond acceptors (Lipinski definition) is 5. The van der Waals surface area contributed by atoms with Gasteiger partial charge >= 0.3 is 0 Å². The quantitative estimate of drug-likeness (QED) is 0.761. The third-order valence-electron chi connectivity index (χ3n) is 3.69. The van der Waals surface area contributed by atoms with Crippen molar-refractivity contribution in [3.05, 3.63) is 51.4 Å². The molecule has 128 valence electrons. The molecule has 0 radical (unpaired) electrons. The number of ether oxygens (including phenoxy) is 1. The van der Waals surface area contributed by atoms with Crippen molar-refractivity contribution >= 4 is 11.7 Å². The highest BCUT2D eigenvalue weighted by Gasteiger charge is 2.21. The van der Waals surface area contributed by atoms with Gasteiger partial charge in [-0.15, -0.1) is 0 Å². The molecule has 0 aliphatic carbocycles. The van der Waals surface area contributed by atoms with Gasteiger partial charge in [-0.2, -0.15) is 0 Å². The lowest BCUT2D eigenvalue weighted by molar-refractivity contribution is 0.100. The molecular weight excluding hydrogens is 306 g/mol. The summed E-state index contributed by atoms with van der Waals surface area (Å²) in [7, 11) is 3.47. The van der Waals surface area contributed by atoms with E-state index in [1.165, 1.54) is 17.1 Å². The summed E-state index contributed by atoms with van der Waals surface area (Å²) in [6.07, 6.45) is 0. The first-order chi connectivity index (χ1) is 11.3. The summed E-state index contributed by atoms with van der Waals surface area (Å²) >= 11 is 0. The Morgan fingerprint density at radius 1 is 1.38 bits per heavy atom.